The van der Waals surface area contributed by atoms with Crippen molar-refractivity contribution in [2.24, 2.45) is 0 Å². The highest BCUT2D eigenvalue weighted by Crippen LogP contribution is 2.30. The number of ketones is 1. The number of Topliss-reactive ketones (excluding diaryl/α,β-unsaturated/α-hetero) is 1. The van der Waals surface area contributed by atoms with Gasteiger partial charge in [0.15, 0.2) is 5.78 Å². The maximum absolute atomic E-state index is 12.8. The number of halogens is 1. The third kappa shape index (κ3) is 3.07. The number of urea groups is 1. The third-order valence-corrected chi connectivity index (χ3v) is 5.56. The molecule has 1 aliphatic heterocycles. The van der Waals surface area contributed by atoms with Crippen LogP contribution in [0, 0.1) is 13.8 Å². The Morgan fingerprint density at radius 1 is 1.24 bits per heavy atom. The van der Waals surface area contributed by atoms with Gasteiger partial charge in [0.25, 0.3) is 5.91 Å². The van der Waals surface area contributed by atoms with E-state index < -0.39 is 17.5 Å². The van der Waals surface area contributed by atoms with Crippen LogP contribution in [-0.4, -0.2) is 29.2 Å². The standard InChI is InChI=1S/C18H17ClN2O3S/c1-10-8-14(11(2)25-10)15(22)9-21-16(23)18(3,20-17(21)24)12-4-6-13(19)7-5-12/h4-8H,9H2,1-3H3,(H,20,24)/t18-/m0/s1. The smallest absolute Gasteiger partial charge is 0.319 e. The first-order valence-corrected chi connectivity index (χ1v) is 8.92. The Morgan fingerprint density at radius 2 is 1.88 bits per heavy atom. The molecule has 2 aromatic rings. The monoisotopic (exact) mass is 376 g/mol. The summed E-state index contributed by atoms with van der Waals surface area (Å²) in [4.78, 5) is 40.6. The lowest BCUT2D eigenvalue weighted by molar-refractivity contribution is -0.130. The van der Waals surface area contributed by atoms with Gasteiger partial charge in [0, 0.05) is 20.3 Å². The highest BCUT2D eigenvalue weighted by Gasteiger charge is 2.49. The molecule has 1 N–H and O–H groups in total. The minimum atomic E-state index is -1.21. The Bertz CT molecular complexity index is 875. The Hall–Kier alpha value is -2.18. The lowest BCUT2D eigenvalue weighted by Gasteiger charge is -2.22. The zero-order chi connectivity index (χ0) is 18.4. The molecule has 0 spiro atoms. The number of hydrogen-bond donors (Lipinski definition) is 1. The van der Waals surface area contributed by atoms with Crippen LogP contribution in [0.25, 0.3) is 0 Å². The van der Waals surface area contributed by atoms with Gasteiger partial charge in [-0.05, 0) is 44.5 Å². The number of nitrogens with one attached hydrogen (secondary N) is 1. The van der Waals surface area contributed by atoms with Crippen molar-refractivity contribution in [1.29, 1.82) is 0 Å². The third-order valence-electron chi connectivity index (χ3n) is 4.34. The fourth-order valence-corrected chi connectivity index (χ4v) is 4.02. The van der Waals surface area contributed by atoms with E-state index in [1.165, 1.54) is 11.3 Å². The minimum absolute atomic E-state index is 0.245. The number of benzene rings is 1. The summed E-state index contributed by atoms with van der Waals surface area (Å²) in [5, 5.41) is 3.23. The summed E-state index contributed by atoms with van der Waals surface area (Å²) in [5.41, 5.74) is -0.0300. The lowest BCUT2D eigenvalue weighted by atomic mass is 9.92. The molecule has 3 rings (SSSR count). The number of amides is 3. The highest BCUT2D eigenvalue weighted by atomic mass is 35.5. The van der Waals surface area contributed by atoms with Gasteiger partial charge in [0.1, 0.15) is 5.54 Å². The molecule has 3 amide bonds. The SMILES string of the molecule is Cc1cc(C(=O)CN2C(=O)N[C@@](C)(c3ccc(Cl)cc3)C2=O)c(C)s1. The molecule has 0 bridgehead atoms. The van der Waals surface area contributed by atoms with Crippen LogP contribution in [0.3, 0.4) is 0 Å². The van der Waals surface area contributed by atoms with Crippen LogP contribution in [0.1, 0.15) is 32.6 Å². The van der Waals surface area contributed by atoms with Crippen LogP contribution in [-0.2, 0) is 10.3 Å². The van der Waals surface area contributed by atoms with Crippen LogP contribution in [0.15, 0.2) is 30.3 Å². The predicted octanol–water partition coefficient (Wildman–Crippen LogP) is 3.67. The van der Waals surface area contributed by atoms with Crippen molar-refractivity contribution >= 4 is 40.7 Å². The molecule has 0 saturated carbocycles. The van der Waals surface area contributed by atoms with Gasteiger partial charge in [0.2, 0.25) is 0 Å². The van der Waals surface area contributed by atoms with E-state index in [0.29, 0.717) is 16.1 Å². The molecule has 2 heterocycles. The average molecular weight is 377 g/mol. The first-order valence-electron chi connectivity index (χ1n) is 7.73. The number of imide groups is 1. The van der Waals surface area contributed by atoms with Gasteiger partial charge in [-0.2, -0.15) is 0 Å². The van der Waals surface area contributed by atoms with Crippen molar-refractivity contribution < 1.29 is 14.4 Å². The molecule has 1 atom stereocenters. The molecule has 1 aromatic heterocycles. The number of hydrogen-bond acceptors (Lipinski definition) is 4. The zero-order valence-electron chi connectivity index (χ0n) is 14.1. The average Bonchev–Trinajstić information content (AvgIpc) is 3.00. The van der Waals surface area contributed by atoms with Crippen molar-refractivity contribution in [2.75, 3.05) is 6.54 Å². The number of carbonyl (C=O) groups is 3. The Balaban J connectivity index is 1.85. The predicted molar refractivity (Wildman–Crippen MR) is 97.2 cm³/mol. The van der Waals surface area contributed by atoms with Crippen molar-refractivity contribution in [1.82, 2.24) is 10.2 Å². The van der Waals surface area contributed by atoms with E-state index in [4.69, 9.17) is 11.6 Å². The first kappa shape index (κ1) is 17.6. The summed E-state index contributed by atoms with van der Waals surface area (Å²) in [7, 11) is 0. The fraction of sp³-hybridized carbons (Fsp3) is 0.278. The number of aryl methyl sites for hydroxylation is 2. The van der Waals surface area contributed by atoms with Crippen LogP contribution < -0.4 is 5.32 Å². The van der Waals surface area contributed by atoms with Crippen molar-refractivity contribution in [2.45, 2.75) is 26.3 Å². The van der Waals surface area contributed by atoms with E-state index in [2.05, 4.69) is 5.32 Å². The molecule has 7 heteroatoms. The van der Waals surface area contributed by atoms with Gasteiger partial charge >= 0.3 is 6.03 Å². The molecule has 1 saturated heterocycles. The van der Waals surface area contributed by atoms with Gasteiger partial charge < -0.3 is 5.32 Å². The summed E-state index contributed by atoms with van der Waals surface area (Å²) >= 11 is 7.40. The molecule has 0 radical (unpaired) electrons. The summed E-state index contributed by atoms with van der Waals surface area (Å²) in [6.45, 7) is 5.13. The van der Waals surface area contributed by atoms with E-state index in [0.717, 1.165) is 14.7 Å². The van der Waals surface area contributed by atoms with Gasteiger partial charge in [0.05, 0.1) is 6.54 Å². The maximum atomic E-state index is 12.8. The Kier molecular flexibility index (Phi) is 4.43. The lowest BCUT2D eigenvalue weighted by Crippen LogP contribution is -2.41. The molecule has 1 aromatic carbocycles. The van der Waals surface area contributed by atoms with Crippen LogP contribution >= 0.6 is 22.9 Å². The summed E-state index contributed by atoms with van der Waals surface area (Å²) in [6, 6.07) is 7.93. The molecular weight excluding hydrogens is 360 g/mol. The van der Waals surface area contributed by atoms with Gasteiger partial charge in [-0.1, -0.05) is 23.7 Å². The van der Waals surface area contributed by atoms with Crippen molar-refractivity contribution in [3.8, 4) is 0 Å². The van der Waals surface area contributed by atoms with Gasteiger partial charge in [-0.3, -0.25) is 14.5 Å². The summed E-state index contributed by atoms with van der Waals surface area (Å²) in [5.74, 6) is -0.691. The molecule has 0 unspecified atom stereocenters. The molecule has 130 valence electrons. The van der Waals surface area contributed by atoms with Crippen LogP contribution in [0.4, 0.5) is 4.79 Å². The molecule has 25 heavy (non-hydrogen) atoms. The molecule has 5 nitrogen and oxygen atoms in total. The first-order chi connectivity index (χ1) is 11.7. The van der Waals surface area contributed by atoms with E-state index >= 15 is 0 Å². The Labute approximate surface area is 154 Å². The maximum Gasteiger partial charge on any atom is 0.325 e. The van der Waals surface area contributed by atoms with E-state index in [-0.39, 0.29) is 12.3 Å². The number of carbonyl (C=O) groups excluding carboxylic acids is 3. The topological polar surface area (TPSA) is 66.5 Å². The largest absolute Gasteiger partial charge is 0.325 e. The second-order valence-corrected chi connectivity index (χ2v) is 8.10. The number of rotatable bonds is 4. The summed E-state index contributed by atoms with van der Waals surface area (Å²) < 4.78 is 0. The number of nitrogens with zero attached hydrogens (tertiary/aromatic N) is 1. The minimum Gasteiger partial charge on any atom is -0.319 e. The Morgan fingerprint density at radius 3 is 2.44 bits per heavy atom. The van der Waals surface area contributed by atoms with E-state index in [1.54, 1.807) is 37.3 Å². The second kappa shape index (κ2) is 6.28. The summed E-state index contributed by atoms with van der Waals surface area (Å²) in [6.07, 6.45) is 0. The molecule has 1 aliphatic rings. The van der Waals surface area contributed by atoms with Gasteiger partial charge in [-0.25, -0.2) is 4.79 Å². The van der Waals surface area contributed by atoms with Crippen LogP contribution in [0.5, 0.6) is 0 Å². The normalized spacial score (nSPS) is 20.1. The molecule has 1 fully saturated rings. The second-order valence-electron chi connectivity index (χ2n) is 6.20. The number of thiophene rings is 1. The zero-order valence-corrected chi connectivity index (χ0v) is 15.6. The van der Waals surface area contributed by atoms with Crippen molar-refractivity contribution in [3.63, 3.8) is 0 Å². The molecule has 0 aliphatic carbocycles. The quantitative estimate of drug-likeness (QED) is 0.654. The van der Waals surface area contributed by atoms with E-state index in [9.17, 15) is 14.4 Å². The highest BCUT2D eigenvalue weighted by molar-refractivity contribution is 7.12. The molecular formula is C18H17ClN2O3S. The van der Waals surface area contributed by atoms with Gasteiger partial charge in [-0.15, -0.1) is 11.3 Å². The van der Waals surface area contributed by atoms with E-state index in [1.807, 2.05) is 13.8 Å². The van der Waals surface area contributed by atoms with Crippen LogP contribution in [0.2, 0.25) is 5.02 Å². The fourth-order valence-electron chi connectivity index (χ4n) is 2.96. The van der Waals surface area contributed by atoms with Crippen molar-refractivity contribution in [3.05, 3.63) is 56.2 Å².